The van der Waals surface area contributed by atoms with Gasteiger partial charge in [0.05, 0.1) is 5.94 Å². The van der Waals surface area contributed by atoms with Crippen LogP contribution in [0.2, 0.25) is 0 Å². The van der Waals surface area contributed by atoms with Crippen molar-refractivity contribution in [2.75, 3.05) is 19.6 Å². The highest BCUT2D eigenvalue weighted by Crippen LogP contribution is 2.21. The van der Waals surface area contributed by atoms with Gasteiger partial charge in [0.2, 0.25) is 35.4 Å². The number of hydrogen-bond donors (Lipinski definition) is 11. The Labute approximate surface area is 358 Å². The lowest BCUT2D eigenvalue weighted by Gasteiger charge is -2.26. The van der Waals surface area contributed by atoms with Crippen LogP contribution < -0.4 is 49.1 Å². The van der Waals surface area contributed by atoms with Crippen LogP contribution in [0, 0.1) is 0 Å². The van der Waals surface area contributed by atoms with E-state index < -0.39 is 72.7 Å². The van der Waals surface area contributed by atoms with E-state index in [1.54, 1.807) is 19.1 Å². The van der Waals surface area contributed by atoms with E-state index in [-0.39, 0.29) is 57.5 Å². The molecule has 5 atom stereocenters. The van der Waals surface area contributed by atoms with E-state index in [4.69, 9.17) is 17.2 Å². The number of primary amides is 1. The zero-order chi connectivity index (χ0) is 45.3. The number of hydrogen-bond acceptors (Lipinski definition) is 11. The van der Waals surface area contributed by atoms with Crippen molar-refractivity contribution in [2.24, 2.45) is 17.2 Å². The highest BCUT2D eigenvalue weighted by atomic mass is 16.4. The van der Waals surface area contributed by atoms with E-state index in [2.05, 4.69) is 63.1 Å². The Morgan fingerprint density at radius 3 is 1.67 bits per heavy atom. The van der Waals surface area contributed by atoms with Gasteiger partial charge in [0.15, 0.2) is 0 Å². The molecule has 2 aromatic rings. The van der Waals surface area contributed by atoms with Crippen LogP contribution in [0.4, 0.5) is 0 Å². The van der Waals surface area contributed by atoms with E-state index >= 15 is 0 Å². The topological polar surface area (TPSA) is 310 Å². The number of aryl methyl sites for hydroxylation is 1. The predicted octanol–water partition coefficient (Wildman–Crippen LogP) is -0.185. The van der Waals surface area contributed by atoms with Gasteiger partial charge in [0.1, 0.15) is 24.2 Å². The van der Waals surface area contributed by atoms with E-state index in [0.717, 1.165) is 30.4 Å². The standard InChI is InChI=1S/C42H66BN9O9/c1-4-6-10-28-13-15-29(16-14-28)30-17-19-31(20-18-30)38(55)47-26-23-37(54)49-33(12-9-25-45)41(58)52-35(21-22-36(46)53)42(59)50-32(5-2)39(56)51-34(11-7-8-24-44)40(57)48-27(3)43(60)61/h13-20,27,32-35,60-61H,4-12,21-26,44-45H2,1-3H3,(H2,46,53)(H,47,55)(H,48,57)(H,49,54)(H,50,59)(H,51,56)(H,52,58). The molecule has 0 aromatic heterocycles. The lowest BCUT2D eigenvalue weighted by Crippen LogP contribution is -2.59. The lowest BCUT2D eigenvalue weighted by atomic mass is 9.81. The number of carbonyl (C=O) groups excluding carboxylic acids is 7. The molecule has 2 rings (SSSR count). The Morgan fingerprint density at radius 2 is 1.13 bits per heavy atom. The summed E-state index contributed by atoms with van der Waals surface area (Å²) in [5, 5.41) is 34.3. The molecule has 0 saturated heterocycles. The van der Waals surface area contributed by atoms with E-state index in [0.29, 0.717) is 31.4 Å². The van der Waals surface area contributed by atoms with Crippen molar-refractivity contribution in [1.29, 1.82) is 0 Å². The molecule has 0 aliphatic heterocycles. The summed E-state index contributed by atoms with van der Waals surface area (Å²) >= 11 is 0. The largest absolute Gasteiger partial charge is 0.475 e. The molecule has 336 valence electrons. The van der Waals surface area contributed by atoms with E-state index in [1.807, 2.05) is 12.1 Å². The summed E-state index contributed by atoms with van der Waals surface area (Å²) in [5.41, 5.74) is 20.3. The average Bonchev–Trinajstić information content (AvgIpc) is 3.24. The number of unbranched alkanes of at least 4 members (excludes halogenated alkanes) is 2. The van der Waals surface area contributed by atoms with Gasteiger partial charge in [-0.3, -0.25) is 33.6 Å². The van der Waals surface area contributed by atoms with Crippen molar-refractivity contribution >= 4 is 48.5 Å². The van der Waals surface area contributed by atoms with Crippen LogP contribution in [0.3, 0.4) is 0 Å². The van der Waals surface area contributed by atoms with Crippen molar-refractivity contribution in [1.82, 2.24) is 31.9 Å². The second-order valence-corrected chi connectivity index (χ2v) is 15.0. The van der Waals surface area contributed by atoms with Gasteiger partial charge in [-0.05, 0) is 107 Å². The first-order valence-corrected chi connectivity index (χ1v) is 21.2. The number of benzene rings is 2. The van der Waals surface area contributed by atoms with Gasteiger partial charge in [-0.15, -0.1) is 0 Å². The molecule has 0 radical (unpaired) electrons. The Balaban J connectivity index is 2.05. The molecule has 5 unspecified atom stereocenters. The summed E-state index contributed by atoms with van der Waals surface area (Å²) in [6.45, 7) is 5.66. The Kier molecular flexibility index (Phi) is 23.9. The zero-order valence-corrected chi connectivity index (χ0v) is 35.7. The molecular formula is C42H66BN9O9. The van der Waals surface area contributed by atoms with Crippen LogP contribution in [-0.4, -0.2) is 108 Å². The summed E-state index contributed by atoms with van der Waals surface area (Å²) < 4.78 is 0. The van der Waals surface area contributed by atoms with Crippen molar-refractivity contribution in [3.8, 4) is 11.1 Å². The molecular weight excluding hydrogens is 785 g/mol. The number of nitrogens with one attached hydrogen (secondary N) is 6. The average molecular weight is 852 g/mol. The van der Waals surface area contributed by atoms with Gasteiger partial charge in [0.25, 0.3) is 5.91 Å². The number of rotatable bonds is 29. The first-order chi connectivity index (χ1) is 29.1. The van der Waals surface area contributed by atoms with E-state index in [1.165, 1.54) is 12.5 Å². The Morgan fingerprint density at radius 1 is 0.623 bits per heavy atom. The zero-order valence-electron chi connectivity index (χ0n) is 35.7. The molecule has 19 heteroatoms. The maximum atomic E-state index is 13.6. The number of nitrogens with two attached hydrogens (primary N) is 3. The molecule has 14 N–H and O–H groups in total. The summed E-state index contributed by atoms with van der Waals surface area (Å²) in [4.78, 5) is 91.0. The highest BCUT2D eigenvalue weighted by molar-refractivity contribution is 6.43. The summed E-state index contributed by atoms with van der Waals surface area (Å²) in [6, 6.07) is 10.7. The van der Waals surface area contributed by atoms with Gasteiger partial charge in [-0.2, -0.15) is 0 Å². The third kappa shape index (κ3) is 19.3. The van der Waals surface area contributed by atoms with Crippen LogP contribution in [0.1, 0.15) is 107 Å². The van der Waals surface area contributed by atoms with Gasteiger partial charge < -0.3 is 59.1 Å². The first kappa shape index (κ1) is 51.8. The molecule has 0 aliphatic carbocycles. The molecule has 0 fully saturated rings. The number of carbonyl (C=O) groups is 7. The van der Waals surface area contributed by atoms with Gasteiger partial charge >= 0.3 is 7.12 Å². The maximum Gasteiger partial charge on any atom is 0.475 e. The molecule has 0 heterocycles. The van der Waals surface area contributed by atoms with E-state index in [9.17, 15) is 43.6 Å². The van der Waals surface area contributed by atoms with Gasteiger partial charge in [-0.25, -0.2) is 0 Å². The van der Waals surface area contributed by atoms with Crippen LogP contribution in [0.15, 0.2) is 48.5 Å². The fraction of sp³-hybridized carbons (Fsp3) is 0.548. The second kappa shape index (κ2) is 28.2. The summed E-state index contributed by atoms with van der Waals surface area (Å²) in [7, 11) is -1.84. The highest BCUT2D eigenvalue weighted by Gasteiger charge is 2.32. The minimum atomic E-state index is -1.84. The van der Waals surface area contributed by atoms with Gasteiger partial charge in [0, 0.05) is 24.9 Å². The Bertz CT molecular complexity index is 1710. The fourth-order valence-corrected chi connectivity index (χ4v) is 6.19. The third-order valence-corrected chi connectivity index (χ3v) is 9.99. The van der Waals surface area contributed by atoms with Gasteiger partial charge in [-0.1, -0.05) is 56.7 Å². The monoisotopic (exact) mass is 852 g/mol. The summed E-state index contributed by atoms with van der Waals surface area (Å²) in [5.74, 6) is -5.67. The predicted molar refractivity (Wildman–Crippen MR) is 233 cm³/mol. The molecule has 61 heavy (non-hydrogen) atoms. The van der Waals surface area contributed by atoms with Crippen LogP contribution in [0.25, 0.3) is 11.1 Å². The second-order valence-electron chi connectivity index (χ2n) is 15.0. The summed E-state index contributed by atoms with van der Waals surface area (Å²) in [6.07, 6.45) is 4.31. The SMILES string of the molecule is CCCCc1ccc(-c2ccc(C(=O)NCCC(=O)NC(CCCN)C(=O)NC(CCC(N)=O)C(=O)NC(CC)C(=O)NC(CCCCN)C(=O)NC(C)B(O)O)cc2)cc1. The first-order valence-electron chi connectivity index (χ1n) is 21.2. The van der Waals surface area contributed by atoms with Crippen LogP contribution in [0.5, 0.6) is 0 Å². The maximum absolute atomic E-state index is 13.6. The van der Waals surface area contributed by atoms with Crippen molar-refractivity contribution < 1.29 is 43.6 Å². The molecule has 0 spiro atoms. The normalized spacial score (nSPS) is 13.4. The third-order valence-electron chi connectivity index (χ3n) is 9.99. The van der Waals surface area contributed by atoms with Crippen LogP contribution >= 0.6 is 0 Å². The van der Waals surface area contributed by atoms with Crippen molar-refractivity contribution in [3.63, 3.8) is 0 Å². The lowest BCUT2D eigenvalue weighted by molar-refractivity contribution is -0.135. The smallest absolute Gasteiger partial charge is 0.426 e. The molecule has 18 nitrogen and oxygen atoms in total. The van der Waals surface area contributed by atoms with Crippen molar-refractivity contribution in [3.05, 3.63) is 59.7 Å². The molecule has 0 saturated carbocycles. The molecule has 0 bridgehead atoms. The minimum Gasteiger partial charge on any atom is -0.426 e. The van der Waals surface area contributed by atoms with Crippen LogP contribution in [-0.2, 0) is 35.2 Å². The molecule has 7 amide bonds. The number of amides is 7. The Hall–Kier alpha value is -5.37. The quantitative estimate of drug-likeness (QED) is 0.0377. The minimum absolute atomic E-state index is 0.0288. The fourth-order valence-electron chi connectivity index (χ4n) is 6.19. The molecule has 2 aromatic carbocycles. The van der Waals surface area contributed by atoms with Crippen molar-refractivity contribution in [2.45, 2.75) is 128 Å². The molecule has 0 aliphatic rings.